The standard InChI is InChI=1S/C18H12N2O5/c1-10-16-12(18(23)20(10)11-6-8-19-9-7-11)2-3-13-17(16)25-15(22)5-4-14(21)24-13/h2-10H,1H3/b5-4-. The van der Waals surface area contributed by atoms with Crippen LogP contribution in [0.25, 0.3) is 0 Å². The Kier molecular flexibility index (Phi) is 3.35. The van der Waals surface area contributed by atoms with Crippen molar-refractivity contribution in [3.05, 3.63) is 59.9 Å². The summed E-state index contributed by atoms with van der Waals surface area (Å²) in [6.45, 7) is 1.81. The molecule has 0 spiro atoms. The molecule has 0 bridgehead atoms. The van der Waals surface area contributed by atoms with Gasteiger partial charge in [0, 0.05) is 41.4 Å². The molecule has 2 aromatic rings. The Morgan fingerprint density at radius 1 is 0.960 bits per heavy atom. The SMILES string of the molecule is CC1c2c(ccc3c2OC(=O)/C=C\C(=O)O3)C(=O)N1c1ccncc1. The fourth-order valence-corrected chi connectivity index (χ4v) is 3.06. The fourth-order valence-electron chi connectivity index (χ4n) is 3.06. The number of amides is 1. The lowest BCUT2D eigenvalue weighted by Crippen LogP contribution is -2.26. The molecule has 1 aromatic carbocycles. The molecule has 124 valence electrons. The van der Waals surface area contributed by atoms with Crippen molar-refractivity contribution in [2.45, 2.75) is 13.0 Å². The minimum absolute atomic E-state index is 0.0950. The Bertz CT molecular complexity index is 936. The molecular formula is C18H12N2O5. The van der Waals surface area contributed by atoms with Gasteiger partial charge in [-0.25, -0.2) is 9.59 Å². The fraction of sp³-hybridized carbons (Fsp3) is 0.111. The van der Waals surface area contributed by atoms with E-state index < -0.39 is 18.0 Å². The van der Waals surface area contributed by atoms with Crippen LogP contribution in [0.3, 0.4) is 0 Å². The molecule has 0 saturated carbocycles. The highest BCUT2D eigenvalue weighted by molar-refractivity contribution is 6.12. The number of esters is 2. The van der Waals surface area contributed by atoms with Crippen LogP contribution in [-0.4, -0.2) is 22.8 Å². The molecule has 7 nitrogen and oxygen atoms in total. The van der Waals surface area contributed by atoms with E-state index in [9.17, 15) is 14.4 Å². The summed E-state index contributed by atoms with van der Waals surface area (Å²) < 4.78 is 10.5. The molecule has 1 unspecified atom stereocenters. The van der Waals surface area contributed by atoms with Crippen LogP contribution in [0.2, 0.25) is 0 Å². The zero-order chi connectivity index (χ0) is 17.6. The maximum Gasteiger partial charge on any atom is 0.336 e. The Balaban J connectivity index is 1.86. The predicted octanol–water partition coefficient (Wildman–Crippen LogP) is 2.18. The molecule has 1 amide bonds. The molecule has 7 heteroatoms. The Hall–Kier alpha value is -3.48. The van der Waals surface area contributed by atoms with Crippen LogP contribution in [-0.2, 0) is 9.59 Å². The first kappa shape index (κ1) is 15.1. The van der Waals surface area contributed by atoms with Crippen LogP contribution in [0.4, 0.5) is 5.69 Å². The summed E-state index contributed by atoms with van der Waals surface area (Å²) >= 11 is 0. The number of nitrogens with zero attached hydrogens (tertiary/aromatic N) is 2. The second kappa shape index (κ2) is 5.55. The number of carbonyl (C=O) groups is 3. The number of fused-ring (bicyclic) bond motifs is 3. The van der Waals surface area contributed by atoms with E-state index in [1.807, 2.05) is 6.92 Å². The minimum atomic E-state index is -0.701. The molecule has 0 saturated heterocycles. The number of hydrogen-bond donors (Lipinski definition) is 0. The predicted molar refractivity (Wildman–Crippen MR) is 86.3 cm³/mol. The normalized spacial score (nSPS) is 20.1. The van der Waals surface area contributed by atoms with Gasteiger partial charge in [-0.05, 0) is 31.2 Å². The van der Waals surface area contributed by atoms with Gasteiger partial charge in [0.1, 0.15) is 0 Å². The van der Waals surface area contributed by atoms with Crippen molar-refractivity contribution < 1.29 is 23.9 Å². The minimum Gasteiger partial charge on any atom is -0.419 e. The number of ether oxygens (including phenoxy) is 2. The van der Waals surface area contributed by atoms with E-state index in [1.165, 1.54) is 6.07 Å². The van der Waals surface area contributed by atoms with Gasteiger partial charge in [0.15, 0.2) is 11.5 Å². The topological polar surface area (TPSA) is 85.8 Å². The molecule has 2 aliphatic heterocycles. The molecule has 0 radical (unpaired) electrons. The van der Waals surface area contributed by atoms with E-state index >= 15 is 0 Å². The van der Waals surface area contributed by atoms with Crippen LogP contribution in [0.5, 0.6) is 11.5 Å². The monoisotopic (exact) mass is 336 g/mol. The average molecular weight is 336 g/mol. The quantitative estimate of drug-likeness (QED) is 0.586. The molecule has 1 atom stereocenters. The van der Waals surface area contributed by atoms with Crippen LogP contribution < -0.4 is 14.4 Å². The van der Waals surface area contributed by atoms with E-state index in [2.05, 4.69) is 4.98 Å². The zero-order valence-electron chi connectivity index (χ0n) is 13.1. The van der Waals surface area contributed by atoms with Gasteiger partial charge < -0.3 is 14.4 Å². The van der Waals surface area contributed by atoms with Gasteiger partial charge in [-0.1, -0.05) is 0 Å². The second-order valence-corrected chi connectivity index (χ2v) is 5.59. The third-order valence-electron chi connectivity index (χ3n) is 4.12. The van der Waals surface area contributed by atoms with Crippen molar-refractivity contribution in [1.29, 1.82) is 0 Å². The molecule has 0 fully saturated rings. The average Bonchev–Trinajstić information content (AvgIpc) is 2.85. The number of anilines is 1. The van der Waals surface area contributed by atoms with E-state index in [4.69, 9.17) is 9.47 Å². The van der Waals surface area contributed by atoms with Gasteiger partial charge in [-0.2, -0.15) is 0 Å². The Labute approximate surface area is 142 Å². The zero-order valence-corrected chi connectivity index (χ0v) is 13.1. The summed E-state index contributed by atoms with van der Waals surface area (Å²) in [6, 6.07) is 6.06. The molecule has 1 aromatic heterocycles. The molecule has 0 aliphatic carbocycles. The third-order valence-corrected chi connectivity index (χ3v) is 4.12. The van der Waals surface area contributed by atoms with Crippen LogP contribution in [0.15, 0.2) is 48.8 Å². The maximum absolute atomic E-state index is 12.8. The number of aromatic nitrogens is 1. The van der Waals surface area contributed by atoms with Crippen molar-refractivity contribution >= 4 is 23.5 Å². The van der Waals surface area contributed by atoms with Crippen LogP contribution in [0.1, 0.15) is 28.9 Å². The van der Waals surface area contributed by atoms with Crippen molar-refractivity contribution in [1.82, 2.24) is 4.98 Å². The molecule has 2 aliphatic rings. The Morgan fingerprint density at radius 2 is 1.64 bits per heavy atom. The lowest BCUT2D eigenvalue weighted by molar-refractivity contribution is -0.133. The lowest BCUT2D eigenvalue weighted by Gasteiger charge is -2.23. The van der Waals surface area contributed by atoms with Gasteiger partial charge in [0.2, 0.25) is 0 Å². The van der Waals surface area contributed by atoms with Gasteiger partial charge in [-0.3, -0.25) is 9.78 Å². The summed E-state index contributed by atoms with van der Waals surface area (Å²) in [6.07, 6.45) is 5.17. The summed E-state index contributed by atoms with van der Waals surface area (Å²) in [5, 5.41) is 0. The van der Waals surface area contributed by atoms with E-state index in [-0.39, 0.29) is 17.4 Å². The highest BCUT2D eigenvalue weighted by Gasteiger charge is 2.39. The maximum atomic E-state index is 12.8. The first-order valence-corrected chi connectivity index (χ1v) is 7.58. The largest absolute Gasteiger partial charge is 0.419 e. The number of benzene rings is 1. The summed E-state index contributed by atoms with van der Waals surface area (Å²) in [5.74, 6) is -1.40. The highest BCUT2D eigenvalue weighted by atomic mass is 16.6. The Morgan fingerprint density at radius 3 is 2.36 bits per heavy atom. The van der Waals surface area contributed by atoms with Crippen LogP contribution in [0, 0.1) is 0 Å². The molecule has 25 heavy (non-hydrogen) atoms. The molecule has 3 heterocycles. The summed E-state index contributed by atoms with van der Waals surface area (Å²) in [5.41, 5.74) is 1.58. The smallest absolute Gasteiger partial charge is 0.336 e. The number of carbonyl (C=O) groups excluding carboxylic acids is 3. The second-order valence-electron chi connectivity index (χ2n) is 5.59. The first-order valence-electron chi connectivity index (χ1n) is 7.58. The van der Waals surface area contributed by atoms with E-state index in [1.54, 1.807) is 35.5 Å². The van der Waals surface area contributed by atoms with Gasteiger partial charge in [0.25, 0.3) is 5.91 Å². The van der Waals surface area contributed by atoms with Crippen LogP contribution >= 0.6 is 0 Å². The van der Waals surface area contributed by atoms with Crippen molar-refractivity contribution in [3.8, 4) is 11.5 Å². The van der Waals surface area contributed by atoms with Crippen molar-refractivity contribution in [3.63, 3.8) is 0 Å². The van der Waals surface area contributed by atoms with Crippen molar-refractivity contribution in [2.24, 2.45) is 0 Å². The van der Waals surface area contributed by atoms with Crippen molar-refractivity contribution in [2.75, 3.05) is 4.90 Å². The number of rotatable bonds is 1. The summed E-state index contributed by atoms with van der Waals surface area (Å²) in [4.78, 5) is 41.9. The number of pyridine rings is 1. The highest BCUT2D eigenvalue weighted by Crippen LogP contribution is 2.46. The lowest BCUT2D eigenvalue weighted by atomic mass is 10.0. The first-order chi connectivity index (χ1) is 12.1. The van der Waals surface area contributed by atoms with Gasteiger partial charge >= 0.3 is 11.9 Å². The third kappa shape index (κ3) is 2.37. The van der Waals surface area contributed by atoms with E-state index in [0.717, 1.165) is 12.2 Å². The van der Waals surface area contributed by atoms with Gasteiger partial charge in [0.05, 0.1) is 6.04 Å². The molecular weight excluding hydrogens is 324 g/mol. The molecule has 4 rings (SSSR count). The summed E-state index contributed by atoms with van der Waals surface area (Å²) in [7, 11) is 0. The molecule has 0 N–H and O–H groups in total. The van der Waals surface area contributed by atoms with E-state index in [0.29, 0.717) is 16.8 Å². The number of hydrogen-bond acceptors (Lipinski definition) is 6. The van der Waals surface area contributed by atoms with Gasteiger partial charge in [-0.15, -0.1) is 0 Å².